The zero-order valence-corrected chi connectivity index (χ0v) is 13.0. The van der Waals surface area contributed by atoms with Crippen LogP contribution in [0, 0.1) is 10.1 Å². The zero-order chi connectivity index (χ0) is 17.9. The number of para-hydroxylation sites is 1. The van der Waals surface area contributed by atoms with Gasteiger partial charge in [0.1, 0.15) is 10.6 Å². The number of methoxy groups -OCH3 is 1. The van der Waals surface area contributed by atoms with Gasteiger partial charge in [-0.3, -0.25) is 14.9 Å². The van der Waals surface area contributed by atoms with E-state index in [0.717, 1.165) is 13.2 Å². The van der Waals surface area contributed by atoms with E-state index in [1.54, 1.807) is 0 Å². The molecule has 9 heteroatoms. The molecule has 0 fully saturated rings. The molecule has 0 aliphatic rings. The van der Waals surface area contributed by atoms with Gasteiger partial charge in [-0.25, -0.2) is 4.79 Å². The summed E-state index contributed by atoms with van der Waals surface area (Å²) in [6.07, 6.45) is 0. The van der Waals surface area contributed by atoms with Gasteiger partial charge in [0.25, 0.3) is 11.6 Å². The minimum atomic E-state index is -0.772. The Morgan fingerprint density at radius 1 is 1.29 bits per heavy atom. The number of carbonyl (C=O) groups is 2. The number of halogens is 1. The molecule has 2 rings (SSSR count). The molecule has 1 amide bonds. The third kappa shape index (κ3) is 3.44. The lowest BCUT2D eigenvalue weighted by atomic mass is 10.1. The van der Waals surface area contributed by atoms with Crippen LogP contribution in [0.25, 0.3) is 0 Å². The second-order valence-corrected chi connectivity index (χ2v) is 4.98. The maximum Gasteiger partial charge on any atom is 0.341 e. The molecule has 0 aliphatic heterocycles. The number of amides is 1. The van der Waals surface area contributed by atoms with Gasteiger partial charge < -0.3 is 15.2 Å². The second kappa shape index (κ2) is 6.97. The largest absolute Gasteiger partial charge is 0.505 e. The first kappa shape index (κ1) is 17.2. The maximum atomic E-state index is 12.2. The van der Waals surface area contributed by atoms with Gasteiger partial charge in [0.05, 0.1) is 17.7 Å². The van der Waals surface area contributed by atoms with E-state index in [1.165, 1.54) is 30.3 Å². The molecule has 2 N–H and O–H groups in total. The van der Waals surface area contributed by atoms with Crippen molar-refractivity contribution in [1.29, 1.82) is 0 Å². The lowest BCUT2D eigenvalue weighted by Gasteiger charge is -2.10. The van der Waals surface area contributed by atoms with Crippen LogP contribution in [-0.2, 0) is 4.74 Å². The molecule has 24 heavy (non-hydrogen) atoms. The van der Waals surface area contributed by atoms with Crippen molar-refractivity contribution in [1.82, 2.24) is 0 Å². The number of hydrogen-bond donors (Lipinski definition) is 2. The summed E-state index contributed by atoms with van der Waals surface area (Å²) in [4.78, 5) is 33.9. The number of nitro groups is 1. The number of nitro benzene ring substituents is 1. The summed E-state index contributed by atoms with van der Waals surface area (Å²) in [7, 11) is 1.15. The summed E-state index contributed by atoms with van der Waals surface area (Å²) in [5, 5.41) is 23.2. The standard InChI is InChI=1S/C15H11ClN2O6/c1-24-15(21)9-3-2-4-11(13(9)19)17-14(20)8-5-6-10(16)12(7-8)18(22)23/h2-7,19H,1H3,(H,17,20). The fourth-order valence-corrected chi connectivity index (χ4v) is 2.09. The molecule has 0 bridgehead atoms. The molecule has 0 unspecified atom stereocenters. The molecule has 2 aromatic carbocycles. The third-order valence-electron chi connectivity index (χ3n) is 3.09. The smallest absolute Gasteiger partial charge is 0.341 e. The molecule has 0 aliphatic carbocycles. The van der Waals surface area contributed by atoms with E-state index >= 15 is 0 Å². The Morgan fingerprint density at radius 2 is 2.00 bits per heavy atom. The number of anilines is 1. The average Bonchev–Trinajstić information content (AvgIpc) is 2.56. The van der Waals surface area contributed by atoms with Crippen LogP contribution in [0.1, 0.15) is 20.7 Å². The normalized spacial score (nSPS) is 10.1. The number of phenols is 1. The molecule has 0 saturated carbocycles. The van der Waals surface area contributed by atoms with Gasteiger partial charge in [-0.15, -0.1) is 0 Å². The van der Waals surface area contributed by atoms with Gasteiger partial charge in [-0.05, 0) is 24.3 Å². The van der Waals surface area contributed by atoms with Crippen LogP contribution in [0.5, 0.6) is 5.75 Å². The number of benzene rings is 2. The van der Waals surface area contributed by atoms with Crippen LogP contribution < -0.4 is 5.32 Å². The number of ether oxygens (including phenoxy) is 1. The van der Waals surface area contributed by atoms with E-state index < -0.39 is 28.2 Å². The topological polar surface area (TPSA) is 119 Å². The van der Waals surface area contributed by atoms with Crippen molar-refractivity contribution in [2.75, 3.05) is 12.4 Å². The van der Waals surface area contributed by atoms with Crippen molar-refractivity contribution >= 4 is 34.9 Å². The second-order valence-electron chi connectivity index (χ2n) is 4.57. The van der Waals surface area contributed by atoms with Crippen molar-refractivity contribution in [2.45, 2.75) is 0 Å². The monoisotopic (exact) mass is 350 g/mol. The van der Waals surface area contributed by atoms with E-state index in [1.807, 2.05) is 0 Å². The van der Waals surface area contributed by atoms with Crippen molar-refractivity contribution in [3.63, 3.8) is 0 Å². The van der Waals surface area contributed by atoms with Gasteiger partial charge in [-0.1, -0.05) is 17.7 Å². The van der Waals surface area contributed by atoms with E-state index in [-0.39, 0.29) is 21.8 Å². The van der Waals surface area contributed by atoms with Gasteiger partial charge >= 0.3 is 5.97 Å². The first-order valence-electron chi connectivity index (χ1n) is 6.50. The first-order chi connectivity index (χ1) is 11.3. The Hall–Kier alpha value is -3.13. The Morgan fingerprint density at radius 3 is 2.62 bits per heavy atom. The average molecular weight is 351 g/mol. The van der Waals surface area contributed by atoms with E-state index in [9.17, 15) is 24.8 Å². The Balaban J connectivity index is 2.32. The van der Waals surface area contributed by atoms with Gasteiger partial charge in [-0.2, -0.15) is 0 Å². The maximum absolute atomic E-state index is 12.2. The van der Waals surface area contributed by atoms with Crippen molar-refractivity contribution in [3.8, 4) is 5.75 Å². The first-order valence-corrected chi connectivity index (χ1v) is 6.88. The zero-order valence-electron chi connectivity index (χ0n) is 12.3. The van der Waals surface area contributed by atoms with Crippen molar-refractivity contribution in [2.24, 2.45) is 0 Å². The molecular formula is C15H11ClN2O6. The highest BCUT2D eigenvalue weighted by Crippen LogP contribution is 2.29. The Kier molecular flexibility index (Phi) is 5.00. The number of esters is 1. The number of nitrogens with one attached hydrogen (secondary N) is 1. The number of phenolic OH excluding ortho intramolecular Hbond substituents is 1. The lowest BCUT2D eigenvalue weighted by Crippen LogP contribution is -2.13. The molecular weight excluding hydrogens is 340 g/mol. The summed E-state index contributed by atoms with van der Waals surface area (Å²) in [5.41, 5.74) is -0.622. The van der Waals surface area contributed by atoms with Crippen molar-refractivity contribution in [3.05, 3.63) is 62.7 Å². The minimum Gasteiger partial charge on any atom is -0.505 e. The van der Waals surface area contributed by atoms with Crippen LogP contribution in [0.15, 0.2) is 36.4 Å². The van der Waals surface area contributed by atoms with E-state index in [0.29, 0.717) is 0 Å². The van der Waals surface area contributed by atoms with E-state index in [4.69, 9.17) is 11.6 Å². The predicted molar refractivity (Wildman–Crippen MR) is 85.5 cm³/mol. The molecule has 0 atom stereocenters. The van der Waals surface area contributed by atoms with Gasteiger partial charge in [0, 0.05) is 11.6 Å². The molecule has 0 saturated heterocycles. The molecule has 0 heterocycles. The number of hydrogen-bond acceptors (Lipinski definition) is 6. The number of carbonyl (C=O) groups excluding carboxylic acids is 2. The highest BCUT2D eigenvalue weighted by atomic mass is 35.5. The third-order valence-corrected chi connectivity index (χ3v) is 3.41. The molecule has 124 valence electrons. The Labute approximate surface area is 140 Å². The van der Waals surface area contributed by atoms with Crippen LogP contribution >= 0.6 is 11.6 Å². The summed E-state index contributed by atoms with van der Waals surface area (Å²) in [6.45, 7) is 0. The number of nitrogens with zero attached hydrogens (tertiary/aromatic N) is 1. The van der Waals surface area contributed by atoms with Crippen LogP contribution in [-0.4, -0.2) is 29.0 Å². The summed E-state index contributed by atoms with van der Waals surface area (Å²) >= 11 is 5.69. The summed E-state index contributed by atoms with van der Waals surface area (Å²) in [5.74, 6) is -1.96. The number of rotatable bonds is 4. The summed E-state index contributed by atoms with van der Waals surface area (Å²) < 4.78 is 4.52. The van der Waals surface area contributed by atoms with Crippen molar-refractivity contribution < 1.29 is 24.4 Å². The van der Waals surface area contributed by atoms with Crippen LogP contribution in [0.3, 0.4) is 0 Å². The molecule has 0 spiro atoms. The fourth-order valence-electron chi connectivity index (χ4n) is 1.91. The highest BCUT2D eigenvalue weighted by molar-refractivity contribution is 6.32. The van der Waals surface area contributed by atoms with Gasteiger partial charge in [0.15, 0.2) is 5.75 Å². The summed E-state index contributed by atoms with van der Waals surface area (Å²) in [6, 6.07) is 7.66. The lowest BCUT2D eigenvalue weighted by molar-refractivity contribution is -0.384. The highest BCUT2D eigenvalue weighted by Gasteiger charge is 2.19. The fraction of sp³-hybridized carbons (Fsp3) is 0.0667. The minimum absolute atomic E-state index is 0.0334. The van der Waals surface area contributed by atoms with Gasteiger partial charge in [0.2, 0.25) is 0 Å². The Bertz CT molecular complexity index is 837. The van der Waals surface area contributed by atoms with Crippen LogP contribution in [0.4, 0.5) is 11.4 Å². The number of aromatic hydroxyl groups is 1. The predicted octanol–water partition coefficient (Wildman–Crippen LogP) is 2.99. The molecule has 0 radical (unpaired) electrons. The SMILES string of the molecule is COC(=O)c1cccc(NC(=O)c2ccc(Cl)c([N+](=O)[O-])c2)c1O. The molecule has 0 aromatic heterocycles. The molecule has 2 aromatic rings. The molecule has 8 nitrogen and oxygen atoms in total. The van der Waals surface area contributed by atoms with Crippen LogP contribution in [0.2, 0.25) is 5.02 Å². The van der Waals surface area contributed by atoms with E-state index in [2.05, 4.69) is 10.1 Å². The quantitative estimate of drug-likeness (QED) is 0.378.